The van der Waals surface area contributed by atoms with Crippen molar-refractivity contribution in [3.63, 3.8) is 0 Å². The van der Waals surface area contributed by atoms with Gasteiger partial charge in [-0.15, -0.1) is 5.10 Å². The molecule has 2 aromatic rings. The van der Waals surface area contributed by atoms with Crippen molar-refractivity contribution >= 4 is 11.9 Å². The molecule has 8 heteroatoms. The van der Waals surface area contributed by atoms with Crippen molar-refractivity contribution in [3.8, 4) is 0 Å². The largest absolute Gasteiger partial charge is 0.292 e. The molecule has 2 aromatic heterocycles. The van der Waals surface area contributed by atoms with Gasteiger partial charge in [-0.3, -0.25) is 15.2 Å². The summed E-state index contributed by atoms with van der Waals surface area (Å²) >= 11 is 0. The predicted octanol–water partition coefficient (Wildman–Crippen LogP) is -0.657. The van der Waals surface area contributed by atoms with E-state index in [1.807, 2.05) is 0 Å². The molecule has 0 aliphatic heterocycles. The van der Waals surface area contributed by atoms with E-state index >= 15 is 0 Å². The molecule has 0 unspecified atom stereocenters. The van der Waals surface area contributed by atoms with Crippen LogP contribution in [0.2, 0.25) is 0 Å². The summed E-state index contributed by atoms with van der Waals surface area (Å²) in [6.07, 6.45) is 2.83. The zero-order valence-corrected chi connectivity index (χ0v) is 8.01. The normalized spacial score (nSPS) is 10.2. The van der Waals surface area contributed by atoms with Crippen molar-refractivity contribution in [1.82, 2.24) is 29.9 Å². The van der Waals surface area contributed by atoms with Crippen molar-refractivity contribution in [3.05, 3.63) is 18.5 Å². The molecule has 0 aromatic carbocycles. The second kappa shape index (κ2) is 3.86. The van der Waals surface area contributed by atoms with Crippen LogP contribution in [0.1, 0.15) is 5.82 Å². The van der Waals surface area contributed by atoms with E-state index in [-0.39, 0.29) is 18.4 Å². The maximum atomic E-state index is 11.4. The molecule has 78 valence electrons. The first kappa shape index (κ1) is 9.31. The Hall–Kier alpha value is -2.25. The summed E-state index contributed by atoms with van der Waals surface area (Å²) < 4.78 is 1.41. The fraction of sp³-hybridized carbons (Fsp3) is 0.286. The summed E-state index contributed by atoms with van der Waals surface area (Å²) in [7, 11) is 0. The summed E-state index contributed by atoms with van der Waals surface area (Å²) in [6, 6.07) is 0. The Morgan fingerprint density at radius 2 is 2.53 bits per heavy atom. The maximum absolute atomic E-state index is 11.4. The maximum Gasteiger partial charge on any atom is 0.248 e. The van der Waals surface area contributed by atoms with Crippen LogP contribution in [0.5, 0.6) is 0 Å². The highest BCUT2D eigenvalue weighted by Gasteiger charge is 2.06. The van der Waals surface area contributed by atoms with Gasteiger partial charge in [-0.25, -0.2) is 9.67 Å². The molecule has 0 saturated heterocycles. The van der Waals surface area contributed by atoms with Crippen molar-refractivity contribution < 1.29 is 4.79 Å². The van der Waals surface area contributed by atoms with Crippen LogP contribution in [0.25, 0.3) is 0 Å². The average Bonchev–Trinajstić information content (AvgIpc) is 2.77. The van der Waals surface area contributed by atoms with Gasteiger partial charge in [0.05, 0.1) is 0 Å². The number of carbonyl (C=O) groups excluding carboxylic acids is 1. The number of aryl methyl sites for hydroxylation is 1. The van der Waals surface area contributed by atoms with Crippen molar-refractivity contribution in [1.29, 1.82) is 0 Å². The molecular weight excluding hydrogens is 198 g/mol. The van der Waals surface area contributed by atoms with Crippen LogP contribution in [0.3, 0.4) is 0 Å². The number of amides is 1. The summed E-state index contributed by atoms with van der Waals surface area (Å²) in [5, 5.41) is 12.7. The number of carbonyl (C=O) groups is 1. The van der Waals surface area contributed by atoms with Crippen molar-refractivity contribution in [2.24, 2.45) is 0 Å². The van der Waals surface area contributed by atoms with Gasteiger partial charge >= 0.3 is 0 Å². The van der Waals surface area contributed by atoms with E-state index in [1.165, 1.54) is 17.3 Å². The van der Waals surface area contributed by atoms with Gasteiger partial charge in [-0.05, 0) is 6.92 Å². The smallest absolute Gasteiger partial charge is 0.248 e. The summed E-state index contributed by atoms with van der Waals surface area (Å²) in [5.74, 6) is 0.656. The Balaban J connectivity index is 1.93. The number of aromatic amines is 1. The van der Waals surface area contributed by atoms with Crippen LogP contribution in [0.4, 0.5) is 5.95 Å². The van der Waals surface area contributed by atoms with Crippen LogP contribution in [-0.4, -0.2) is 35.9 Å². The molecule has 0 aliphatic carbocycles. The third-order valence-corrected chi connectivity index (χ3v) is 1.62. The standard InChI is InChI=1S/C7H9N7O/c1-5-10-7(13-12-5)11-6(15)2-14-4-8-3-9-14/h3-4H,2H2,1H3,(H2,10,11,12,13,15). The van der Waals surface area contributed by atoms with Gasteiger partial charge in [0, 0.05) is 0 Å². The highest BCUT2D eigenvalue weighted by Crippen LogP contribution is 1.96. The molecular formula is C7H9N7O. The van der Waals surface area contributed by atoms with Gasteiger partial charge in [0.25, 0.3) is 0 Å². The molecule has 0 atom stereocenters. The fourth-order valence-corrected chi connectivity index (χ4v) is 1.02. The number of hydrogen-bond acceptors (Lipinski definition) is 5. The number of rotatable bonds is 3. The lowest BCUT2D eigenvalue weighted by Gasteiger charge is -1.99. The first-order valence-corrected chi connectivity index (χ1v) is 4.25. The Labute approximate surface area is 84.7 Å². The van der Waals surface area contributed by atoms with E-state index < -0.39 is 0 Å². The molecule has 0 saturated carbocycles. The summed E-state index contributed by atoms with van der Waals surface area (Å²) in [5.41, 5.74) is 0. The van der Waals surface area contributed by atoms with E-state index in [0.29, 0.717) is 5.82 Å². The number of anilines is 1. The third-order valence-electron chi connectivity index (χ3n) is 1.62. The molecule has 0 spiro atoms. The quantitative estimate of drug-likeness (QED) is 0.695. The molecule has 2 N–H and O–H groups in total. The highest BCUT2D eigenvalue weighted by molar-refractivity contribution is 5.88. The van der Waals surface area contributed by atoms with E-state index in [1.54, 1.807) is 6.92 Å². The van der Waals surface area contributed by atoms with Gasteiger partial charge in [-0.1, -0.05) is 0 Å². The topological polar surface area (TPSA) is 101 Å². The average molecular weight is 207 g/mol. The number of aromatic nitrogens is 6. The van der Waals surface area contributed by atoms with Crippen LogP contribution in [0.15, 0.2) is 12.7 Å². The minimum absolute atomic E-state index is 0.0909. The second-order valence-electron chi connectivity index (χ2n) is 2.89. The number of nitrogens with one attached hydrogen (secondary N) is 2. The molecule has 0 aliphatic rings. The Bertz CT molecular complexity index is 446. The van der Waals surface area contributed by atoms with E-state index in [4.69, 9.17) is 0 Å². The lowest BCUT2D eigenvalue weighted by molar-refractivity contribution is -0.116. The monoisotopic (exact) mass is 207 g/mol. The zero-order chi connectivity index (χ0) is 10.7. The van der Waals surface area contributed by atoms with Crippen LogP contribution >= 0.6 is 0 Å². The Morgan fingerprint density at radius 3 is 3.13 bits per heavy atom. The zero-order valence-electron chi connectivity index (χ0n) is 8.01. The van der Waals surface area contributed by atoms with E-state index in [0.717, 1.165) is 0 Å². The predicted molar refractivity (Wildman–Crippen MR) is 49.8 cm³/mol. The summed E-state index contributed by atoms with van der Waals surface area (Å²) in [6.45, 7) is 1.84. The molecule has 0 radical (unpaired) electrons. The van der Waals surface area contributed by atoms with Crippen LogP contribution in [0, 0.1) is 6.92 Å². The minimum atomic E-state index is -0.250. The highest BCUT2D eigenvalue weighted by atomic mass is 16.2. The van der Waals surface area contributed by atoms with E-state index in [2.05, 4.69) is 30.6 Å². The van der Waals surface area contributed by atoms with Gasteiger partial charge < -0.3 is 0 Å². The van der Waals surface area contributed by atoms with Crippen molar-refractivity contribution in [2.75, 3.05) is 5.32 Å². The SMILES string of the molecule is Cc1nc(NC(=O)Cn2cncn2)n[nH]1. The lowest BCUT2D eigenvalue weighted by Crippen LogP contribution is -2.19. The molecule has 2 heterocycles. The summed E-state index contributed by atoms with van der Waals surface area (Å²) in [4.78, 5) is 19.1. The van der Waals surface area contributed by atoms with Gasteiger partial charge in [0.15, 0.2) is 0 Å². The lowest BCUT2D eigenvalue weighted by atomic mass is 10.6. The molecule has 0 fully saturated rings. The first-order valence-electron chi connectivity index (χ1n) is 4.25. The van der Waals surface area contributed by atoms with Crippen LogP contribution in [-0.2, 0) is 11.3 Å². The van der Waals surface area contributed by atoms with Gasteiger partial charge in [-0.2, -0.15) is 10.1 Å². The number of nitrogens with zero attached hydrogens (tertiary/aromatic N) is 5. The second-order valence-corrected chi connectivity index (χ2v) is 2.89. The first-order chi connectivity index (χ1) is 7.24. The van der Waals surface area contributed by atoms with Crippen molar-refractivity contribution in [2.45, 2.75) is 13.5 Å². The number of H-pyrrole nitrogens is 1. The molecule has 2 rings (SSSR count). The molecule has 1 amide bonds. The Morgan fingerprint density at radius 1 is 1.67 bits per heavy atom. The van der Waals surface area contributed by atoms with Crippen LogP contribution < -0.4 is 5.32 Å². The third kappa shape index (κ3) is 2.36. The fourth-order valence-electron chi connectivity index (χ4n) is 1.02. The molecule has 15 heavy (non-hydrogen) atoms. The van der Waals surface area contributed by atoms with Gasteiger partial charge in [0.1, 0.15) is 25.0 Å². The minimum Gasteiger partial charge on any atom is -0.292 e. The number of hydrogen-bond donors (Lipinski definition) is 2. The van der Waals surface area contributed by atoms with E-state index in [9.17, 15) is 4.79 Å². The van der Waals surface area contributed by atoms with Gasteiger partial charge in [0.2, 0.25) is 11.9 Å². The molecule has 0 bridgehead atoms. The Kier molecular flexibility index (Phi) is 2.40. The molecule has 8 nitrogen and oxygen atoms in total.